The highest BCUT2D eigenvalue weighted by Crippen LogP contribution is 2.41. The first-order valence-electron chi connectivity index (χ1n) is 20.8. The van der Waals surface area contributed by atoms with Crippen LogP contribution in [0.25, 0.3) is 128 Å². The quantitative estimate of drug-likeness (QED) is 0.165. The Morgan fingerprint density at radius 1 is 0.333 bits per heavy atom. The highest BCUT2D eigenvalue weighted by atomic mass is 16.3. The van der Waals surface area contributed by atoms with Gasteiger partial charge in [0.25, 0.3) is 0 Å². The Kier molecular flexibility index (Phi) is 7.74. The average Bonchev–Trinajstić information content (AvgIpc) is 4.03. The van der Waals surface area contributed by atoms with Crippen molar-refractivity contribution in [1.29, 1.82) is 0 Å². The van der Waals surface area contributed by atoms with Gasteiger partial charge >= 0.3 is 0 Å². The zero-order valence-electron chi connectivity index (χ0n) is 33.5. The molecule has 8 nitrogen and oxygen atoms in total. The van der Waals surface area contributed by atoms with Gasteiger partial charge in [-0.2, -0.15) is 0 Å². The Labute approximate surface area is 359 Å². The maximum Gasteiger partial charge on any atom is 0.180 e. The van der Waals surface area contributed by atoms with Crippen molar-refractivity contribution >= 4 is 65.8 Å². The van der Waals surface area contributed by atoms with Crippen molar-refractivity contribution in [3.8, 4) is 62.5 Å². The number of hydrogen-bond acceptors (Lipinski definition) is 7. The molecule has 0 aliphatic carbocycles. The molecule has 63 heavy (non-hydrogen) atoms. The molecule has 0 aliphatic rings. The van der Waals surface area contributed by atoms with Gasteiger partial charge in [0, 0.05) is 54.9 Å². The summed E-state index contributed by atoms with van der Waals surface area (Å²) >= 11 is 0. The molecule has 0 aliphatic heterocycles. The van der Waals surface area contributed by atoms with Gasteiger partial charge in [0.1, 0.15) is 28.0 Å². The summed E-state index contributed by atoms with van der Waals surface area (Å²) in [6.07, 6.45) is 0. The summed E-state index contributed by atoms with van der Waals surface area (Å²) in [5.41, 5.74) is 12.0. The Morgan fingerprint density at radius 3 is 1.73 bits per heavy atom. The number of nitrogens with zero attached hydrogens (tertiary/aromatic N) is 6. The number of para-hydroxylation sites is 4. The summed E-state index contributed by atoms with van der Waals surface area (Å²) in [6.45, 7) is 0. The Bertz CT molecular complexity index is 3910. The van der Waals surface area contributed by atoms with E-state index in [0.29, 0.717) is 40.0 Å². The van der Waals surface area contributed by atoms with E-state index in [1.807, 2.05) is 109 Å². The molecule has 0 amide bonds. The van der Waals surface area contributed by atoms with E-state index < -0.39 is 0 Å². The summed E-state index contributed by atoms with van der Waals surface area (Å²) in [5.74, 6) is 2.26. The van der Waals surface area contributed by atoms with Gasteiger partial charge in [0.05, 0.1) is 16.6 Å². The number of benzene rings is 8. The molecule has 0 unspecified atom stereocenters. The largest absolute Gasteiger partial charge is 0.455 e. The maximum atomic E-state index is 6.81. The second-order valence-electron chi connectivity index (χ2n) is 15.6. The van der Waals surface area contributed by atoms with E-state index in [0.717, 1.165) is 88.3 Å². The van der Waals surface area contributed by atoms with Crippen LogP contribution in [0.3, 0.4) is 0 Å². The van der Waals surface area contributed by atoms with Crippen molar-refractivity contribution in [2.75, 3.05) is 0 Å². The van der Waals surface area contributed by atoms with Crippen LogP contribution in [0.1, 0.15) is 0 Å². The van der Waals surface area contributed by atoms with E-state index in [1.54, 1.807) is 0 Å². The minimum absolute atomic E-state index is 0.543. The fourth-order valence-corrected chi connectivity index (χ4v) is 8.93. The second-order valence-corrected chi connectivity index (χ2v) is 15.6. The topological polar surface area (TPSA) is 95.7 Å². The van der Waals surface area contributed by atoms with Crippen LogP contribution in [0.4, 0.5) is 0 Å². The van der Waals surface area contributed by atoms with E-state index in [4.69, 9.17) is 33.8 Å². The minimum atomic E-state index is 0.543. The van der Waals surface area contributed by atoms with Crippen LogP contribution in [0.2, 0.25) is 0 Å². The summed E-state index contributed by atoms with van der Waals surface area (Å²) in [5, 5.41) is 5.13. The van der Waals surface area contributed by atoms with Gasteiger partial charge in [-0.05, 0) is 66.7 Å². The molecule has 0 saturated carbocycles. The summed E-state index contributed by atoms with van der Waals surface area (Å²) in [6, 6.07) is 65.9. The van der Waals surface area contributed by atoms with E-state index in [9.17, 15) is 0 Å². The van der Waals surface area contributed by atoms with Crippen LogP contribution < -0.4 is 0 Å². The highest BCUT2D eigenvalue weighted by molar-refractivity contribution is 6.12. The minimum Gasteiger partial charge on any atom is -0.455 e. The Hall–Kier alpha value is -8.75. The molecule has 5 heterocycles. The molecule has 294 valence electrons. The lowest BCUT2D eigenvalue weighted by Crippen LogP contribution is -2.00. The van der Waals surface area contributed by atoms with Crippen molar-refractivity contribution in [2.45, 2.75) is 0 Å². The van der Waals surface area contributed by atoms with Crippen LogP contribution in [0.15, 0.2) is 203 Å². The Balaban J connectivity index is 0.969. The number of fused-ring (bicyclic) bond motifs is 9. The van der Waals surface area contributed by atoms with Gasteiger partial charge in [-0.1, -0.05) is 127 Å². The number of rotatable bonds is 6. The van der Waals surface area contributed by atoms with E-state index in [-0.39, 0.29) is 0 Å². The van der Waals surface area contributed by atoms with Crippen LogP contribution in [0, 0.1) is 0 Å². The van der Waals surface area contributed by atoms with Crippen LogP contribution >= 0.6 is 0 Å². The average molecular weight is 809 g/mol. The SMILES string of the molecule is c1ccc(-c2nc(-c3ccc4c(c3)oc3c(-c5nc(-c6ccccc6)c6oc7ccccc7c6n5)cccc34)nc(-c3ccc4c(c3)c3ccccc3n4-c3ccccc3)n2)cc1. The molecule has 0 saturated heterocycles. The van der Waals surface area contributed by atoms with Crippen molar-refractivity contribution in [3.05, 3.63) is 194 Å². The molecular weight excluding hydrogens is 777 g/mol. The Morgan fingerprint density at radius 2 is 0.937 bits per heavy atom. The first kappa shape index (κ1) is 35.0. The van der Waals surface area contributed by atoms with Crippen molar-refractivity contribution < 1.29 is 8.83 Å². The number of hydrogen-bond donors (Lipinski definition) is 0. The molecule has 0 bridgehead atoms. The fraction of sp³-hybridized carbons (Fsp3) is 0. The molecule has 13 rings (SSSR count). The zero-order valence-corrected chi connectivity index (χ0v) is 33.5. The smallest absolute Gasteiger partial charge is 0.180 e. The molecule has 8 aromatic carbocycles. The zero-order chi connectivity index (χ0) is 41.4. The van der Waals surface area contributed by atoms with Crippen molar-refractivity contribution in [1.82, 2.24) is 29.5 Å². The van der Waals surface area contributed by atoms with Crippen LogP contribution in [-0.4, -0.2) is 29.5 Å². The van der Waals surface area contributed by atoms with Gasteiger partial charge in [-0.25, -0.2) is 24.9 Å². The lowest BCUT2D eigenvalue weighted by atomic mass is 10.1. The van der Waals surface area contributed by atoms with E-state index in [2.05, 4.69) is 89.5 Å². The van der Waals surface area contributed by atoms with Gasteiger partial charge in [0.15, 0.2) is 28.9 Å². The molecule has 5 aromatic heterocycles. The maximum absolute atomic E-state index is 6.81. The van der Waals surface area contributed by atoms with Gasteiger partial charge in [-0.15, -0.1) is 0 Å². The lowest BCUT2D eigenvalue weighted by molar-refractivity contribution is 0.666. The third-order valence-corrected chi connectivity index (χ3v) is 11.9. The predicted molar refractivity (Wildman–Crippen MR) is 251 cm³/mol. The fourth-order valence-electron chi connectivity index (χ4n) is 8.93. The summed E-state index contributed by atoms with van der Waals surface area (Å²) in [4.78, 5) is 25.6. The van der Waals surface area contributed by atoms with E-state index >= 15 is 0 Å². The molecular formula is C55H32N6O2. The third-order valence-electron chi connectivity index (χ3n) is 11.9. The molecule has 0 N–H and O–H groups in total. The molecule has 0 spiro atoms. The van der Waals surface area contributed by atoms with E-state index in [1.165, 1.54) is 0 Å². The monoisotopic (exact) mass is 808 g/mol. The standard InChI is InChI=1S/C55H32N6O2/c1-4-15-33(16-5-1)48-51-49(41-22-11-13-26-46(41)62-51)57-55(56-48)42-24-14-23-40-39-29-27-36(32-47(39)63-50(40)42)54-59-52(34-17-6-2-7-18-34)58-53(60-54)35-28-30-45-43(31-35)38-21-10-12-25-44(38)61(45)37-19-8-3-9-20-37/h1-32H. The molecule has 8 heteroatoms. The van der Waals surface area contributed by atoms with Gasteiger partial charge < -0.3 is 13.4 Å². The van der Waals surface area contributed by atoms with Gasteiger partial charge in [0.2, 0.25) is 0 Å². The first-order chi connectivity index (χ1) is 31.2. The molecule has 0 radical (unpaired) electrons. The molecule has 13 aromatic rings. The third kappa shape index (κ3) is 5.66. The van der Waals surface area contributed by atoms with Crippen LogP contribution in [0.5, 0.6) is 0 Å². The summed E-state index contributed by atoms with van der Waals surface area (Å²) in [7, 11) is 0. The van der Waals surface area contributed by atoms with Crippen molar-refractivity contribution in [2.24, 2.45) is 0 Å². The predicted octanol–water partition coefficient (Wildman–Crippen LogP) is 13.9. The molecule has 0 atom stereocenters. The molecule has 0 fully saturated rings. The van der Waals surface area contributed by atoms with Crippen molar-refractivity contribution in [3.63, 3.8) is 0 Å². The number of furan rings is 2. The second kappa shape index (κ2) is 13.9. The highest BCUT2D eigenvalue weighted by Gasteiger charge is 2.22. The normalized spacial score (nSPS) is 11.8. The lowest BCUT2D eigenvalue weighted by Gasteiger charge is -2.10. The van der Waals surface area contributed by atoms with Crippen LogP contribution in [-0.2, 0) is 0 Å². The van der Waals surface area contributed by atoms with Gasteiger partial charge in [-0.3, -0.25) is 0 Å². The summed E-state index contributed by atoms with van der Waals surface area (Å²) < 4.78 is 15.5. The first-order valence-corrected chi connectivity index (χ1v) is 20.8. The number of aromatic nitrogens is 6.